The normalized spacial score (nSPS) is 18.6. The van der Waals surface area contributed by atoms with Gasteiger partial charge in [-0.15, -0.1) is 0 Å². The zero-order valence-electron chi connectivity index (χ0n) is 10.5. The highest BCUT2D eigenvalue weighted by Crippen LogP contribution is 2.32. The number of rotatable bonds is 3. The van der Waals surface area contributed by atoms with Crippen LogP contribution in [0, 0.1) is 10.1 Å². The molecule has 1 heterocycles. The van der Waals surface area contributed by atoms with Crippen molar-refractivity contribution in [1.29, 1.82) is 0 Å². The van der Waals surface area contributed by atoms with Gasteiger partial charge >= 0.3 is 6.03 Å². The zero-order chi connectivity index (χ0) is 14.0. The molecule has 100 valence electrons. The molecule has 2 rings (SSSR count). The van der Waals surface area contributed by atoms with E-state index in [9.17, 15) is 14.9 Å². The van der Waals surface area contributed by atoms with Gasteiger partial charge in [-0.25, -0.2) is 4.79 Å². The van der Waals surface area contributed by atoms with Crippen LogP contribution >= 0.6 is 0 Å². The maximum Gasteiger partial charge on any atom is 0.320 e. The van der Waals surface area contributed by atoms with Gasteiger partial charge in [-0.1, -0.05) is 18.2 Å². The van der Waals surface area contributed by atoms with Crippen LogP contribution in [0.5, 0.6) is 5.75 Å². The van der Waals surface area contributed by atoms with E-state index < -0.39 is 17.0 Å². The monoisotopic (exact) mass is 263 g/mol. The second kappa shape index (κ2) is 4.97. The molecule has 0 bridgehead atoms. The molecular weight excluding hydrogens is 250 g/mol. The molecular formula is C12H13N3O4. The first kappa shape index (κ1) is 12.9. The number of urea groups is 1. The summed E-state index contributed by atoms with van der Waals surface area (Å²) in [7, 11) is 1.48. The summed E-state index contributed by atoms with van der Waals surface area (Å²) in [4.78, 5) is 22.2. The molecule has 1 atom stereocenters. The van der Waals surface area contributed by atoms with Crippen LogP contribution < -0.4 is 15.4 Å². The molecule has 19 heavy (non-hydrogen) atoms. The van der Waals surface area contributed by atoms with Crippen LogP contribution in [0.1, 0.15) is 18.5 Å². The average Bonchev–Trinajstić information content (AvgIpc) is 2.37. The van der Waals surface area contributed by atoms with Crippen LogP contribution in [0.15, 0.2) is 35.7 Å². The minimum absolute atomic E-state index is 0.0934. The quantitative estimate of drug-likeness (QED) is 0.639. The Morgan fingerprint density at radius 1 is 1.37 bits per heavy atom. The van der Waals surface area contributed by atoms with Gasteiger partial charge < -0.3 is 15.4 Å². The van der Waals surface area contributed by atoms with Crippen LogP contribution in [0.3, 0.4) is 0 Å². The molecule has 1 aliphatic heterocycles. The van der Waals surface area contributed by atoms with E-state index in [2.05, 4.69) is 10.6 Å². The molecule has 0 spiro atoms. The Kier molecular flexibility index (Phi) is 3.37. The highest BCUT2D eigenvalue weighted by Gasteiger charge is 2.36. The summed E-state index contributed by atoms with van der Waals surface area (Å²) in [5.41, 5.74) is 0.680. The number of carbonyl (C=O) groups excluding carboxylic acids is 1. The molecule has 0 aromatic heterocycles. The molecule has 2 N–H and O–H groups in total. The maximum absolute atomic E-state index is 11.5. The molecule has 0 aliphatic carbocycles. The highest BCUT2D eigenvalue weighted by atomic mass is 16.6. The molecule has 1 aromatic carbocycles. The van der Waals surface area contributed by atoms with Crippen molar-refractivity contribution in [3.05, 3.63) is 51.3 Å². The minimum atomic E-state index is -0.833. The predicted octanol–water partition coefficient (Wildman–Crippen LogP) is 1.56. The van der Waals surface area contributed by atoms with E-state index in [4.69, 9.17) is 4.74 Å². The Labute approximate surface area is 109 Å². The number of nitrogens with zero attached hydrogens (tertiary/aromatic N) is 1. The number of hydrogen-bond donors (Lipinski definition) is 2. The van der Waals surface area contributed by atoms with E-state index in [1.165, 1.54) is 14.0 Å². The highest BCUT2D eigenvalue weighted by molar-refractivity contribution is 5.78. The van der Waals surface area contributed by atoms with E-state index in [-0.39, 0.29) is 11.4 Å². The van der Waals surface area contributed by atoms with Gasteiger partial charge in [0.25, 0.3) is 5.70 Å². The number of ether oxygens (including phenoxy) is 1. The second-order valence-corrected chi connectivity index (χ2v) is 4.04. The smallest absolute Gasteiger partial charge is 0.320 e. The first-order chi connectivity index (χ1) is 9.04. The number of hydrogen-bond acceptors (Lipinski definition) is 4. The lowest BCUT2D eigenvalue weighted by atomic mass is 10.0. The van der Waals surface area contributed by atoms with Gasteiger partial charge in [0, 0.05) is 5.56 Å². The van der Waals surface area contributed by atoms with Gasteiger partial charge in [0.15, 0.2) is 6.04 Å². The van der Waals surface area contributed by atoms with Crippen molar-refractivity contribution in [2.45, 2.75) is 13.0 Å². The third kappa shape index (κ3) is 2.35. The van der Waals surface area contributed by atoms with E-state index >= 15 is 0 Å². The SMILES string of the molecule is COc1ccccc1C1NC(=O)NC(C)=C1[N+](=O)[O-]. The Morgan fingerprint density at radius 3 is 2.68 bits per heavy atom. The van der Waals surface area contributed by atoms with Crippen molar-refractivity contribution in [3.63, 3.8) is 0 Å². The molecule has 0 saturated carbocycles. The molecule has 7 nitrogen and oxygen atoms in total. The maximum atomic E-state index is 11.5. The van der Waals surface area contributed by atoms with Crippen molar-refractivity contribution in [1.82, 2.24) is 10.6 Å². The molecule has 0 fully saturated rings. The summed E-state index contributed by atoms with van der Waals surface area (Å²) in [6.45, 7) is 1.50. The van der Waals surface area contributed by atoms with Crippen LogP contribution in [0.2, 0.25) is 0 Å². The fraction of sp³-hybridized carbons (Fsp3) is 0.250. The van der Waals surface area contributed by atoms with E-state index in [1.54, 1.807) is 24.3 Å². The number of nitrogens with one attached hydrogen (secondary N) is 2. The molecule has 0 radical (unpaired) electrons. The first-order valence-electron chi connectivity index (χ1n) is 5.60. The number of amides is 2. The summed E-state index contributed by atoms with van der Waals surface area (Å²) < 4.78 is 5.18. The molecule has 1 unspecified atom stereocenters. The second-order valence-electron chi connectivity index (χ2n) is 4.04. The standard InChI is InChI=1S/C12H13N3O4/c1-7-11(15(17)18)10(14-12(16)13-7)8-5-3-4-6-9(8)19-2/h3-6,10H,1-2H3,(H2,13,14,16). The fourth-order valence-electron chi connectivity index (χ4n) is 2.06. The van der Waals surface area contributed by atoms with E-state index in [0.29, 0.717) is 11.3 Å². The average molecular weight is 263 g/mol. The van der Waals surface area contributed by atoms with E-state index in [1.807, 2.05) is 0 Å². The third-order valence-electron chi connectivity index (χ3n) is 2.88. The van der Waals surface area contributed by atoms with Crippen LogP contribution in [-0.2, 0) is 0 Å². The van der Waals surface area contributed by atoms with Gasteiger partial charge in [0.05, 0.1) is 17.7 Å². The lowest BCUT2D eigenvalue weighted by Gasteiger charge is -2.24. The lowest BCUT2D eigenvalue weighted by molar-refractivity contribution is -0.432. The Hall–Kier alpha value is -2.57. The van der Waals surface area contributed by atoms with Crippen molar-refractivity contribution >= 4 is 6.03 Å². The summed E-state index contributed by atoms with van der Waals surface area (Å²) >= 11 is 0. The third-order valence-corrected chi connectivity index (χ3v) is 2.88. The Balaban J connectivity index is 2.55. The van der Waals surface area contributed by atoms with Crippen molar-refractivity contribution < 1.29 is 14.5 Å². The number of para-hydroxylation sites is 1. The van der Waals surface area contributed by atoms with E-state index in [0.717, 1.165) is 0 Å². The number of allylic oxidation sites excluding steroid dienone is 1. The predicted molar refractivity (Wildman–Crippen MR) is 67.1 cm³/mol. The van der Waals surface area contributed by atoms with Crippen molar-refractivity contribution in [2.75, 3.05) is 7.11 Å². The zero-order valence-corrected chi connectivity index (χ0v) is 10.5. The molecule has 7 heteroatoms. The van der Waals surface area contributed by atoms with Crippen molar-refractivity contribution in [3.8, 4) is 5.75 Å². The largest absolute Gasteiger partial charge is 0.496 e. The minimum Gasteiger partial charge on any atom is -0.496 e. The van der Waals surface area contributed by atoms with Crippen LogP contribution in [0.4, 0.5) is 4.79 Å². The Morgan fingerprint density at radius 2 is 2.05 bits per heavy atom. The lowest BCUT2D eigenvalue weighted by Crippen LogP contribution is -2.45. The van der Waals surface area contributed by atoms with Gasteiger partial charge in [-0.3, -0.25) is 10.1 Å². The number of carbonyl (C=O) groups is 1. The van der Waals surface area contributed by atoms with Gasteiger partial charge in [0.1, 0.15) is 5.75 Å². The van der Waals surface area contributed by atoms with Crippen molar-refractivity contribution in [2.24, 2.45) is 0 Å². The first-order valence-corrected chi connectivity index (χ1v) is 5.60. The topological polar surface area (TPSA) is 93.5 Å². The fourth-order valence-corrected chi connectivity index (χ4v) is 2.06. The number of methoxy groups -OCH3 is 1. The summed E-state index contributed by atoms with van der Waals surface area (Å²) in [6.07, 6.45) is 0. The summed E-state index contributed by atoms with van der Waals surface area (Å²) in [5.74, 6) is 0.488. The summed E-state index contributed by atoms with van der Waals surface area (Å²) in [5, 5.41) is 16.1. The van der Waals surface area contributed by atoms with Gasteiger partial charge in [-0.05, 0) is 13.0 Å². The van der Waals surface area contributed by atoms with Gasteiger partial charge in [0.2, 0.25) is 0 Å². The summed E-state index contributed by atoms with van der Waals surface area (Å²) in [6, 6.07) is 5.56. The van der Waals surface area contributed by atoms with Crippen LogP contribution in [0.25, 0.3) is 0 Å². The molecule has 0 saturated heterocycles. The number of benzene rings is 1. The van der Waals surface area contributed by atoms with Crippen LogP contribution in [-0.4, -0.2) is 18.1 Å². The Bertz CT molecular complexity index is 568. The molecule has 2 amide bonds. The van der Waals surface area contributed by atoms with Gasteiger partial charge in [-0.2, -0.15) is 0 Å². The molecule has 1 aromatic rings. The number of nitro groups is 1. The molecule has 1 aliphatic rings.